The third kappa shape index (κ3) is 1.96. The first-order chi connectivity index (χ1) is 6.75. The zero-order valence-electron chi connectivity index (χ0n) is 7.62. The van der Waals surface area contributed by atoms with Crippen molar-refractivity contribution in [1.29, 1.82) is 0 Å². The lowest BCUT2D eigenvalue weighted by Gasteiger charge is -2.03. The van der Waals surface area contributed by atoms with Gasteiger partial charge in [-0.25, -0.2) is 4.98 Å². The monoisotopic (exact) mass is 252 g/mol. The van der Waals surface area contributed by atoms with Gasteiger partial charge >= 0.3 is 0 Å². The number of aromatic amines is 1. The van der Waals surface area contributed by atoms with Crippen LogP contribution in [0.2, 0.25) is 0 Å². The van der Waals surface area contributed by atoms with Crippen LogP contribution in [-0.2, 0) is 0 Å². The molecule has 4 heteroatoms. The Hall–Kier alpha value is -1.29. The number of halogens is 1. The first-order valence-electron chi connectivity index (χ1n) is 4.20. The van der Waals surface area contributed by atoms with E-state index in [2.05, 4.69) is 25.9 Å². The molecule has 0 aliphatic rings. The van der Waals surface area contributed by atoms with E-state index in [0.717, 1.165) is 15.9 Å². The Balaban J connectivity index is 2.23. The molecule has 1 aromatic carbocycles. The summed E-state index contributed by atoms with van der Waals surface area (Å²) in [6, 6.07) is 8.15. The summed E-state index contributed by atoms with van der Waals surface area (Å²) in [6.07, 6.45) is 1.73. The average Bonchev–Trinajstić information content (AvgIpc) is 2.56. The molecule has 0 unspecified atom stereocenters. The van der Waals surface area contributed by atoms with Gasteiger partial charge in [-0.1, -0.05) is 12.1 Å². The van der Waals surface area contributed by atoms with Crippen molar-refractivity contribution in [2.45, 2.75) is 6.92 Å². The molecular formula is C10H9BrN2O. The van der Waals surface area contributed by atoms with E-state index in [0.29, 0.717) is 6.01 Å². The second kappa shape index (κ2) is 3.84. The summed E-state index contributed by atoms with van der Waals surface area (Å²) in [5, 5.41) is 0. The van der Waals surface area contributed by atoms with Crippen molar-refractivity contribution < 1.29 is 4.74 Å². The standard InChI is InChI=1S/C10H9BrN2O/c1-7-6-12-10(13-7)14-9-5-3-2-4-8(9)11/h2-6H,1H3,(H,12,13). The van der Waals surface area contributed by atoms with E-state index in [4.69, 9.17) is 4.74 Å². The predicted molar refractivity (Wildman–Crippen MR) is 57.5 cm³/mol. The van der Waals surface area contributed by atoms with Gasteiger partial charge in [0.15, 0.2) is 0 Å². The lowest BCUT2D eigenvalue weighted by atomic mass is 10.3. The van der Waals surface area contributed by atoms with Crippen LogP contribution in [-0.4, -0.2) is 9.97 Å². The van der Waals surface area contributed by atoms with Gasteiger partial charge in [0.05, 0.1) is 10.7 Å². The van der Waals surface area contributed by atoms with Gasteiger partial charge in [-0.3, -0.25) is 0 Å². The zero-order valence-corrected chi connectivity index (χ0v) is 9.21. The van der Waals surface area contributed by atoms with Crippen LogP contribution in [0.15, 0.2) is 34.9 Å². The van der Waals surface area contributed by atoms with Gasteiger partial charge in [0.1, 0.15) is 5.75 Å². The summed E-state index contributed by atoms with van der Waals surface area (Å²) < 4.78 is 6.43. The van der Waals surface area contributed by atoms with Crippen molar-refractivity contribution in [1.82, 2.24) is 9.97 Å². The van der Waals surface area contributed by atoms with Crippen LogP contribution in [0.3, 0.4) is 0 Å². The molecule has 2 rings (SSSR count). The number of H-pyrrole nitrogens is 1. The molecule has 14 heavy (non-hydrogen) atoms. The molecule has 72 valence electrons. The van der Waals surface area contributed by atoms with Crippen molar-refractivity contribution >= 4 is 15.9 Å². The molecule has 0 aliphatic carbocycles. The highest BCUT2D eigenvalue weighted by Crippen LogP contribution is 2.27. The number of imidazole rings is 1. The number of hydrogen-bond donors (Lipinski definition) is 1. The van der Waals surface area contributed by atoms with Crippen LogP contribution in [0.5, 0.6) is 11.8 Å². The highest BCUT2D eigenvalue weighted by molar-refractivity contribution is 9.10. The van der Waals surface area contributed by atoms with Crippen molar-refractivity contribution in [3.8, 4) is 11.8 Å². The smallest absolute Gasteiger partial charge is 0.299 e. The number of para-hydroxylation sites is 1. The van der Waals surface area contributed by atoms with Crippen LogP contribution in [0.1, 0.15) is 5.69 Å². The Bertz CT molecular complexity index is 439. The van der Waals surface area contributed by atoms with Crippen molar-refractivity contribution in [3.63, 3.8) is 0 Å². The third-order valence-corrected chi connectivity index (χ3v) is 2.38. The summed E-state index contributed by atoms with van der Waals surface area (Å²) in [5.74, 6) is 0.752. The van der Waals surface area contributed by atoms with E-state index < -0.39 is 0 Å². The maximum atomic E-state index is 5.52. The Kier molecular flexibility index (Phi) is 2.54. The fourth-order valence-corrected chi connectivity index (χ4v) is 1.44. The number of nitrogens with one attached hydrogen (secondary N) is 1. The molecule has 1 aromatic heterocycles. The molecule has 0 spiro atoms. The highest BCUT2D eigenvalue weighted by Gasteiger charge is 2.03. The third-order valence-electron chi connectivity index (χ3n) is 1.72. The molecule has 0 saturated carbocycles. The normalized spacial score (nSPS) is 10.1. The Morgan fingerprint density at radius 3 is 2.79 bits per heavy atom. The highest BCUT2D eigenvalue weighted by atomic mass is 79.9. The molecule has 0 atom stereocenters. The van der Waals surface area contributed by atoms with E-state index in [1.165, 1.54) is 0 Å². The minimum absolute atomic E-state index is 0.509. The second-order valence-electron chi connectivity index (χ2n) is 2.90. The predicted octanol–water partition coefficient (Wildman–Crippen LogP) is 3.27. The molecule has 1 N–H and O–H groups in total. The lowest BCUT2D eigenvalue weighted by Crippen LogP contribution is -1.86. The SMILES string of the molecule is Cc1cnc(Oc2ccccc2Br)[nH]1. The molecule has 3 nitrogen and oxygen atoms in total. The number of nitrogens with zero attached hydrogens (tertiary/aromatic N) is 1. The number of aryl methyl sites for hydroxylation is 1. The number of rotatable bonds is 2. The Labute approximate surface area is 90.3 Å². The zero-order chi connectivity index (χ0) is 9.97. The molecule has 0 fully saturated rings. The number of aromatic nitrogens is 2. The van der Waals surface area contributed by atoms with Gasteiger partial charge < -0.3 is 9.72 Å². The van der Waals surface area contributed by atoms with Gasteiger partial charge in [-0.15, -0.1) is 0 Å². The van der Waals surface area contributed by atoms with E-state index >= 15 is 0 Å². The summed E-state index contributed by atoms with van der Waals surface area (Å²) in [5.41, 5.74) is 0.979. The van der Waals surface area contributed by atoms with E-state index in [1.807, 2.05) is 31.2 Å². The Morgan fingerprint density at radius 2 is 2.14 bits per heavy atom. The molecule has 2 aromatic rings. The maximum Gasteiger partial charge on any atom is 0.299 e. The fourth-order valence-electron chi connectivity index (χ4n) is 1.07. The maximum absolute atomic E-state index is 5.52. The number of benzene rings is 1. The molecular weight excluding hydrogens is 244 g/mol. The lowest BCUT2D eigenvalue weighted by molar-refractivity contribution is 0.444. The van der Waals surface area contributed by atoms with Crippen LogP contribution in [0, 0.1) is 6.92 Å². The van der Waals surface area contributed by atoms with Gasteiger partial charge in [-0.2, -0.15) is 0 Å². The number of ether oxygens (including phenoxy) is 1. The van der Waals surface area contributed by atoms with Crippen molar-refractivity contribution in [2.75, 3.05) is 0 Å². The largest absolute Gasteiger partial charge is 0.424 e. The Morgan fingerprint density at radius 1 is 1.36 bits per heavy atom. The minimum Gasteiger partial charge on any atom is -0.424 e. The summed E-state index contributed by atoms with van der Waals surface area (Å²) >= 11 is 3.39. The molecule has 0 bridgehead atoms. The van der Waals surface area contributed by atoms with Crippen LogP contribution in [0.25, 0.3) is 0 Å². The van der Waals surface area contributed by atoms with E-state index in [1.54, 1.807) is 6.20 Å². The molecule has 0 aliphatic heterocycles. The average molecular weight is 253 g/mol. The van der Waals surface area contributed by atoms with Crippen LogP contribution >= 0.6 is 15.9 Å². The van der Waals surface area contributed by atoms with Crippen molar-refractivity contribution in [3.05, 3.63) is 40.6 Å². The van der Waals surface area contributed by atoms with Crippen LogP contribution in [0.4, 0.5) is 0 Å². The first-order valence-corrected chi connectivity index (χ1v) is 4.99. The van der Waals surface area contributed by atoms with E-state index in [-0.39, 0.29) is 0 Å². The molecule has 0 amide bonds. The van der Waals surface area contributed by atoms with E-state index in [9.17, 15) is 0 Å². The van der Waals surface area contributed by atoms with Crippen molar-refractivity contribution in [2.24, 2.45) is 0 Å². The quantitative estimate of drug-likeness (QED) is 0.891. The fraction of sp³-hybridized carbons (Fsp3) is 0.100. The molecule has 0 saturated heterocycles. The molecule has 1 heterocycles. The van der Waals surface area contributed by atoms with Gasteiger partial charge in [0.2, 0.25) is 0 Å². The van der Waals surface area contributed by atoms with Gasteiger partial charge in [-0.05, 0) is 35.0 Å². The summed E-state index contributed by atoms with van der Waals surface area (Å²) in [4.78, 5) is 7.05. The second-order valence-corrected chi connectivity index (χ2v) is 3.76. The summed E-state index contributed by atoms with van der Waals surface area (Å²) in [7, 11) is 0. The van der Waals surface area contributed by atoms with Gasteiger partial charge in [0.25, 0.3) is 6.01 Å². The topological polar surface area (TPSA) is 37.9 Å². The molecule has 0 radical (unpaired) electrons. The first kappa shape index (κ1) is 9.27. The number of hydrogen-bond acceptors (Lipinski definition) is 2. The minimum atomic E-state index is 0.509. The summed E-state index contributed by atoms with van der Waals surface area (Å²) in [6.45, 7) is 1.93. The van der Waals surface area contributed by atoms with Gasteiger partial charge in [0, 0.05) is 5.69 Å². The van der Waals surface area contributed by atoms with Crippen LogP contribution < -0.4 is 4.74 Å².